The lowest BCUT2D eigenvalue weighted by atomic mass is 9.77. The summed E-state index contributed by atoms with van der Waals surface area (Å²) >= 11 is 0. The molecule has 1 saturated carbocycles. The molecule has 1 aliphatic carbocycles. The van der Waals surface area contributed by atoms with Gasteiger partial charge in [0.1, 0.15) is 18.1 Å². The summed E-state index contributed by atoms with van der Waals surface area (Å²) < 4.78 is 20.9. The van der Waals surface area contributed by atoms with Crippen LogP contribution in [0.5, 0.6) is 5.88 Å². The standard InChI is InChI=1S/C24H23FN6O3/c1-12-17(10-30-23-22(12)28-4-5-34-23)16-8-14-9-19(29-11-18(14)21(27)20(16)25)31(24(32)33)15-6-13(7-15)2-3-26/h8-11,13,15,28H,2,4-7,27H2,1H3,(H,32,33). The molecule has 9 nitrogen and oxygen atoms in total. The fraction of sp³-hybridized carbons (Fsp3) is 0.333. The van der Waals surface area contributed by atoms with E-state index in [-0.39, 0.29) is 29.0 Å². The third-order valence-corrected chi connectivity index (χ3v) is 6.63. The number of ether oxygens (including phenoxy) is 1. The number of benzene rings is 1. The number of nitrogen functional groups attached to an aromatic ring is 1. The molecular weight excluding hydrogens is 439 g/mol. The largest absolute Gasteiger partial charge is 0.474 e. The van der Waals surface area contributed by atoms with Gasteiger partial charge >= 0.3 is 6.09 Å². The van der Waals surface area contributed by atoms with Crippen molar-refractivity contribution in [2.45, 2.75) is 32.2 Å². The first-order valence-corrected chi connectivity index (χ1v) is 11.0. The van der Waals surface area contributed by atoms with E-state index in [2.05, 4.69) is 21.4 Å². The maximum Gasteiger partial charge on any atom is 0.413 e. The second kappa shape index (κ2) is 8.33. The normalized spacial score (nSPS) is 18.7. The Morgan fingerprint density at radius 2 is 2.15 bits per heavy atom. The van der Waals surface area contributed by atoms with Crippen molar-refractivity contribution < 1.29 is 19.0 Å². The smallest absolute Gasteiger partial charge is 0.413 e. The molecule has 0 bridgehead atoms. The zero-order valence-electron chi connectivity index (χ0n) is 18.5. The molecule has 4 N–H and O–H groups in total. The van der Waals surface area contributed by atoms with Crippen molar-refractivity contribution in [3.8, 4) is 23.1 Å². The van der Waals surface area contributed by atoms with Crippen LogP contribution >= 0.6 is 0 Å². The summed E-state index contributed by atoms with van der Waals surface area (Å²) in [6, 6.07) is 5.14. The Hall–Kier alpha value is -4.13. The van der Waals surface area contributed by atoms with Gasteiger partial charge < -0.3 is 20.9 Å². The average Bonchev–Trinajstić information content (AvgIpc) is 2.80. The van der Waals surface area contributed by atoms with Gasteiger partial charge in [-0.05, 0) is 48.8 Å². The van der Waals surface area contributed by atoms with Gasteiger partial charge in [-0.1, -0.05) is 0 Å². The molecule has 0 radical (unpaired) electrons. The molecule has 2 aliphatic rings. The van der Waals surface area contributed by atoms with Crippen molar-refractivity contribution >= 4 is 34.1 Å². The highest BCUT2D eigenvalue weighted by Crippen LogP contribution is 2.41. The van der Waals surface area contributed by atoms with E-state index in [1.54, 1.807) is 18.3 Å². The zero-order chi connectivity index (χ0) is 24.0. The summed E-state index contributed by atoms with van der Waals surface area (Å²) in [4.78, 5) is 21.9. The number of carboxylic acid groups (broad SMARTS) is 1. The molecule has 3 aromatic rings. The Morgan fingerprint density at radius 3 is 2.88 bits per heavy atom. The molecule has 0 spiro atoms. The van der Waals surface area contributed by atoms with E-state index < -0.39 is 11.9 Å². The van der Waals surface area contributed by atoms with E-state index in [1.807, 2.05) is 6.92 Å². The molecule has 10 heteroatoms. The van der Waals surface area contributed by atoms with Gasteiger partial charge in [-0.15, -0.1) is 0 Å². The van der Waals surface area contributed by atoms with E-state index >= 15 is 4.39 Å². The summed E-state index contributed by atoms with van der Waals surface area (Å²) in [6.07, 6.45) is 3.45. The van der Waals surface area contributed by atoms with Crippen molar-refractivity contribution in [3.05, 3.63) is 35.9 Å². The number of nitrogens with two attached hydrogens (primary N) is 1. The Balaban J connectivity index is 1.58. The van der Waals surface area contributed by atoms with Crippen LogP contribution in [0.1, 0.15) is 24.8 Å². The van der Waals surface area contributed by atoms with Crippen LogP contribution < -0.4 is 20.7 Å². The number of halogens is 1. The van der Waals surface area contributed by atoms with Crippen LogP contribution in [-0.4, -0.2) is 40.4 Å². The molecule has 5 rings (SSSR count). The summed E-state index contributed by atoms with van der Waals surface area (Å²) in [5, 5.41) is 22.9. The number of carbonyl (C=O) groups is 1. The van der Waals surface area contributed by atoms with Crippen LogP contribution in [-0.2, 0) is 0 Å². The van der Waals surface area contributed by atoms with Crippen LogP contribution in [0.25, 0.3) is 21.9 Å². The second-order valence-electron chi connectivity index (χ2n) is 8.67. The molecule has 3 heterocycles. The molecular formula is C24H23FN6O3. The lowest BCUT2D eigenvalue weighted by Crippen LogP contribution is -2.48. The number of pyridine rings is 2. The highest BCUT2D eigenvalue weighted by molar-refractivity contribution is 5.99. The molecule has 1 fully saturated rings. The number of amides is 1. The van der Waals surface area contributed by atoms with Crippen LogP contribution in [0.4, 0.5) is 26.4 Å². The van der Waals surface area contributed by atoms with E-state index in [9.17, 15) is 9.90 Å². The Bertz CT molecular complexity index is 1350. The third kappa shape index (κ3) is 3.50. The van der Waals surface area contributed by atoms with Gasteiger partial charge in [-0.25, -0.2) is 19.2 Å². The summed E-state index contributed by atoms with van der Waals surface area (Å²) in [5.74, 6) is 0.316. The molecule has 1 amide bonds. The van der Waals surface area contributed by atoms with Crippen molar-refractivity contribution in [1.82, 2.24) is 9.97 Å². The van der Waals surface area contributed by atoms with Gasteiger partial charge in [0.25, 0.3) is 0 Å². The molecule has 1 aromatic carbocycles. The van der Waals surface area contributed by atoms with Crippen molar-refractivity contribution in [2.75, 3.05) is 29.1 Å². The number of hydrogen-bond acceptors (Lipinski definition) is 7. The molecule has 0 atom stereocenters. The maximum atomic E-state index is 15.4. The highest BCUT2D eigenvalue weighted by Gasteiger charge is 2.37. The number of nitrogens with zero attached hydrogens (tertiary/aromatic N) is 4. The maximum absolute atomic E-state index is 15.4. The highest BCUT2D eigenvalue weighted by atomic mass is 19.1. The number of rotatable bonds is 4. The molecule has 34 heavy (non-hydrogen) atoms. The van der Waals surface area contributed by atoms with Gasteiger partial charge in [0.2, 0.25) is 5.88 Å². The van der Waals surface area contributed by atoms with Crippen LogP contribution in [0.3, 0.4) is 0 Å². The Kier molecular flexibility index (Phi) is 5.32. The quantitative estimate of drug-likeness (QED) is 0.488. The number of fused-ring (bicyclic) bond motifs is 2. The summed E-state index contributed by atoms with van der Waals surface area (Å²) in [5.41, 5.74) is 8.40. The number of hydrogen-bond donors (Lipinski definition) is 3. The second-order valence-corrected chi connectivity index (χ2v) is 8.67. The average molecular weight is 462 g/mol. The first kappa shape index (κ1) is 21.7. The van der Waals surface area contributed by atoms with E-state index in [1.165, 1.54) is 11.1 Å². The lowest BCUT2D eigenvalue weighted by Gasteiger charge is -2.40. The number of aromatic nitrogens is 2. The molecule has 0 saturated heterocycles. The minimum atomic E-state index is -1.12. The fourth-order valence-corrected chi connectivity index (χ4v) is 4.75. The SMILES string of the molecule is Cc1c(-c2cc3cc(N(C(=O)O)C4CC(CC#N)C4)ncc3c(N)c2F)cnc2c1NCCO2. The first-order valence-electron chi connectivity index (χ1n) is 11.0. The molecule has 0 unspecified atom stereocenters. The lowest BCUT2D eigenvalue weighted by molar-refractivity contribution is 0.183. The van der Waals surface area contributed by atoms with Gasteiger partial charge in [-0.3, -0.25) is 4.90 Å². The minimum Gasteiger partial charge on any atom is -0.474 e. The topological polar surface area (TPSA) is 137 Å². The van der Waals surface area contributed by atoms with Crippen LogP contribution in [0, 0.1) is 30.0 Å². The van der Waals surface area contributed by atoms with Gasteiger partial charge in [0.05, 0.1) is 11.8 Å². The van der Waals surface area contributed by atoms with Gasteiger partial charge in [0.15, 0.2) is 5.82 Å². The number of nitrogens with one attached hydrogen (secondary N) is 1. The van der Waals surface area contributed by atoms with Crippen LogP contribution in [0.15, 0.2) is 24.5 Å². The first-order chi connectivity index (χ1) is 16.4. The fourth-order valence-electron chi connectivity index (χ4n) is 4.75. The third-order valence-electron chi connectivity index (χ3n) is 6.63. The summed E-state index contributed by atoms with van der Waals surface area (Å²) in [7, 11) is 0. The predicted molar refractivity (Wildman–Crippen MR) is 125 cm³/mol. The molecule has 2 aromatic heterocycles. The molecule has 1 aliphatic heterocycles. The Labute approximate surface area is 195 Å². The van der Waals surface area contributed by atoms with E-state index in [0.717, 1.165) is 5.56 Å². The van der Waals surface area contributed by atoms with Crippen molar-refractivity contribution in [3.63, 3.8) is 0 Å². The number of anilines is 3. The van der Waals surface area contributed by atoms with Crippen molar-refractivity contribution in [1.29, 1.82) is 5.26 Å². The predicted octanol–water partition coefficient (Wildman–Crippen LogP) is 4.31. The minimum absolute atomic E-state index is 0.0625. The van der Waals surface area contributed by atoms with Crippen LogP contribution in [0.2, 0.25) is 0 Å². The molecule has 174 valence electrons. The van der Waals surface area contributed by atoms with Crippen molar-refractivity contribution in [2.24, 2.45) is 5.92 Å². The summed E-state index contributed by atoms with van der Waals surface area (Å²) in [6.45, 7) is 2.98. The van der Waals surface area contributed by atoms with E-state index in [4.69, 9.17) is 15.7 Å². The van der Waals surface area contributed by atoms with E-state index in [0.29, 0.717) is 60.3 Å². The Morgan fingerprint density at radius 1 is 1.35 bits per heavy atom. The van der Waals surface area contributed by atoms with Gasteiger partial charge in [0, 0.05) is 47.9 Å². The monoisotopic (exact) mass is 462 g/mol. The number of nitriles is 1. The van der Waals surface area contributed by atoms with Gasteiger partial charge in [-0.2, -0.15) is 5.26 Å². The zero-order valence-corrected chi connectivity index (χ0v) is 18.5.